The molecule has 0 saturated heterocycles. The molecule has 0 amide bonds. The van der Waals surface area contributed by atoms with Crippen LogP contribution in [0.15, 0.2) is 140 Å². The largest absolute Gasteiger partial charge is 0.310 e. The van der Waals surface area contributed by atoms with E-state index in [-0.39, 0.29) is 0 Å². The molecule has 0 aliphatic carbocycles. The Morgan fingerprint density at radius 1 is 0.373 bits per heavy atom. The molecule has 0 bridgehead atoms. The maximum Gasteiger partial charge on any atom is 0.0622 e. The van der Waals surface area contributed by atoms with Gasteiger partial charge in [0.15, 0.2) is 0 Å². The second-order valence-corrected chi connectivity index (χ2v) is 14.3. The Morgan fingerprint density at radius 2 is 0.765 bits per heavy atom. The van der Waals surface area contributed by atoms with Crippen molar-refractivity contribution in [2.24, 2.45) is 0 Å². The molecule has 0 spiro atoms. The third-order valence-electron chi connectivity index (χ3n) is 10.6. The van der Waals surface area contributed by atoms with Crippen LogP contribution in [0.4, 0.5) is 34.1 Å². The van der Waals surface area contributed by atoms with Gasteiger partial charge in [0, 0.05) is 44.3 Å². The zero-order valence-corrected chi connectivity index (χ0v) is 30.1. The van der Waals surface area contributed by atoms with Crippen LogP contribution < -0.4 is 9.80 Å². The number of aryl methyl sites for hydroxylation is 6. The Balaban J connectivity index is 1.37. The first-order valence-corrected chi connectivity index (χ1v) is 17.9. The molecule has 2 heterocycles. The fraction of sp³-hybridized carbons (Fsp3) is 0.125. The Kier molecular flexibility index (Phi) is 7.15. The molecule has 7 aromatic carbocycles. The maximum atomic E-state index is 2.51. The molecular formula is C48H41N3. The number of anilines is 6. The Bertz CT molecular complexity index is 2560. The van der Waals surface area contributed by atoms with Gasteiger partial charge in [-0.3, -0.25) is 0 Å². The molecule has 248 valence electrons. The van der Waals surface area contributed by atoms with Crippen molar-refractivity contribution in [2.45, 2.75) is 41.5 Å². The number of hydrogen-bond acceptors (Lipinski definition) is 2. The summed E-state index contributed by atoms with van der Waals surface area (Å²) in [6.45, 7) is 13.1. The molecule has 51 heavy (non-hydrogen) atoms. The number of aromatic nitrogens is 1. The molecule has 0 N–H and O–H groups in total. The number of fused-ring (bicyclic) bond motifs is 6. The van der Waals surface area contributed by atoms with Crippen LogP contribution in [0.5, 0.6) is 0 Å². The van der Waals surface area contributed by atoms with Crippen LogP contribution in [-0.2, 0) is 0 Å². The van der Waals surface area contributed by atoms with Crippen molar-refractivity contribution in [3.8, 4) is 0 Å². The minimum Gasteiger partial charge on any atom is -0.310 e. The zero-order valence-electron chi connectivity index (χ0n) is 30.1. The highest BCUT2D eigenvalue weighted by molar-refractivity contribution is 6.28. The van der Waals surface area contributed by atoms with E-state index in [0.29, 0.717) is 0 Å². The lowest BCUT2D eigenvalue weighted by molar-refractivity contribution is 1.24. The highest BCUT2D eigenvalue weighted by Crippen LogP contribution is 2.49. The van der Waals surface area contributed by atoms with Gasteiger partial charge in [-0.05, 0) is 124 Å². The van der Waals surface area contributed by atoms with Crippen LogP contribution in [0.3, 0.4) is 0 Å². The SMILES string of the molecule is Cc1ccc(N(c2cc(C)ccc2C)c2cccc3c2c2cccc4c5c(N(c6ccc(C)cc6)c6cc(C)ccc6C)cccc5n3c24)cc1. The Morgan fingerprint density at radius 3 is 1.20 bits per heavy atom. The van der Waals surface area contributed by atoms with Gasteiger partial charge in [0.1, 0.15) is 0 Å². The van der Waals surface area contributed by atoms with Crippen molar-refractivity contribution < 1.29 is 0 Å². The van der Waals surface area contributed by atoms with Gasteiger partial charge in [-0.25, -0.2) is 0 Å². The minimum atomic E-state index is 1.15. The van der Waals surface area contributed by atoms with Gasteiger partial charge >= 0.3 is 0 Å². The van der Waals surface area contributed by atoms with Crippen LogP contribution in [0.2, 0.25) is 0 Å². The lowest BCUT2D eigenvalue weighted by atomic mass is 10.0. The average Bonchev–Trinajstić information content (AvgIpc) is 3.66. The first kappa shape index (κ1) is 31.0. The van der Waals surface area contributed by atoms with Gasteiger partial charge in [-0.2, -0.15) is 0 Å². The summed E-state index contributed by atoms with van der Waals surface area (Å²) in [6.07, 6.45) is 0. The highest BCUT2D eigenvalue weighted by Gasteiger charge is 2.26. The van der Waals surface area contributed by atoms with E-state index in [9.17, 15) is 0 Å². The molecule has 9 aromatic rings. The fourth-order valence-electron chi connectivity index (χ4n) is 8.04. The fourth-order valence-corrected chi connectivity index (χ4v) is 8.04. The van der Waals surface area contributed by atoms with Gasteiger partial charge in [-0.1, -0.05) is 90.0 Å². The average molecular weight is 660 g/mol. The van der Waals surface area contributed by atoms with E-state index < -0.39 is 0 Å². The number of para-hydroxylation sites is 1. The van der Waals surface area contributed by atoms with Crippen molar-refractivity contribution in [2.75, 3.05) is 9.80 Å². The molecule has 3 nitrogen and oxygen atoms in total. The lowest BCUT2D eigenvalue weighted by Gasteiger charge is -2.29. The molecule has 0 radical (unpaired) electrons. The van der Waals surface area contributed by atoms with E-state index in [2.05, 4.69) is 195 Å². The first-order valence-electron chi connectivity index (χ1n) is 17.9. The van der Waals surface area contributed by atoms with Crippen molar-refractivity contribution in [1.82, 2.24) is 4.40 Å². The van der Waals surface area contributed by atoms with Gasteiger partial charge in [0.2, 0.25) is 0 Å². The zero-order chi connectivity index (χ0) is 35.0. The van der Waals surface area contributed by atoms with Gasteiger partial charge in [0.25, 0.3) is 0 Å². The third kappa shape index (κ3) is 4.87. The van der Waals surface area contributed by atoms with Crippen LogP contribution in [0, 0.1) is 41.5 Å². The predicted octanol–water partition coefficient (Wildman–Crippen LogP) is 13.6. The van der Waals surface area contributed by atoms with Crippen LogP contribution in [0.1, 0.15) is 33.4 Å². The quantitative estimate of drug-likeness (QED) is 0.176. The summed E-state index contributed by atoms with van der Waals surface area (Å²) in [7, 11) is 0. The van der Waals surface area contributed by atoms with Crippen molar-refractivity contribution in [3.05, 3.63) is 173 Å². The minimum absolute atomic E-state index is 1.15. The summed E-state index contributed by atoms with van der Waals surface area (Å²) >= 11 is 0. The standard InChI is InChI=1S/C48H41N3/c1-30-18-24-36(25-19-30)49(44-28-32(3)16-22-34(44)5)40-12-8-14-42-46(40)38-10-7-11-39-47-41(13-9-15-43(47)51(42)48(38)39)50(37-26-20-31(2)21-27-37)45-29-33(4)17-23-35(45)6/h7-29H,1-6H3. The van der Waals surface area contributed by atoms with Crippen LogP contribution in [0.25, 0.3) is 38.1 Å². The van der Waals surface area contributed by atoms with Gasteiger partial charge < -0.3 is 14.2 Å². The highest BCUT2D eigenvalue weighted by atomic mass is 15.2. The summed E-state index contributed by atoms with van der Waals surface area (Å²) in [5.41, 5.74) is 18.2. The Hall–Kier alpha value is -6.06. The number of nitrogens with zero attached hydrogens (tertiary/aromatic N) is 3. The molecule has 9 rings (SSSR count). The summed E-state index contributed by atoms with van der Waals surface area (Å²) in [6, 6.07) is 51.9. The van der Waals surface area contributed by atoms with E-state index in [4.69, 9.17) is 0 Å². The molecule has 0 saturated carbocycles. The first-order chi connectivity index (χ1) is 24.8. The smallest absolute Gasteiger partial charge is 0.0622 e. The molecule has 2 aromatic heterocycles. The Labute approximate surface area is 300 Å². The van der Waals surface area contributed by atoms with Gasteiger partial charge in [-0.15, -0.1) is 0 Å². The summed E-state index contributed by atoms with van der Waals surface area (Å²) in [5.74, 6) is 0. The van der Waals surface area contributed by atoms with Gasteiger partial charge in [0.05, 0.1) is 27.9 Å². The summed E-state index contributed by atoms with van der Waals surface area (Å²) < 4.78 is 2.51. The van der Waals surface area contributed by atoms with Crippen LogP contribution in [-0.4, -0.2) is 4.40 Å². The third-order valence-corrected chi connectivity index (χ3v) is 10.6. The molecule has 0 atom stereocenters. The maximum absolute atomic E-state index is 2.51. The van der Waals surface area contributed by atoms with E-state index in [1.54, 1.807) is 0 Å². The second kappa shape index (κ2) is 11.8. The van der Waals surface area contributed by atoms with Crippen molar-refractivity contribution in [1.29, 1.82) is 0 Å². The number of rotatable bonds is 6. The van der Waals surface area contributed by atoms with E-state index in [1.165, 1.54) is 94.2 Å². The number of hydrogen-bond donors (Lipinski definition) is 0. The topological polar surface area (TPSA) is 10.9 Å². The van der Waals surface area contributed by atoms with E-state index in [1.807, 2.05) is 0 Å². The molecule has 3 heteroatoms. The monoisotopic (exact) mass is 659 g/mol. The predicted molar refractivity (Wildman–Crippen MR) is 219 cm³/mol. The molecule has 0 fully saturated rings. The number of benzene rings is 7. The van der Waals surface area contributed by atoms with E-state index >= 15 is 0 Å². The second-order valence-electron chi connectivity index (χ2n) is 14.3. The summed E-state index contributed by atoms with van der Waals surface area (Å²) in [5, 5.41) is 5.04. The molecular weight excluding hydrogens is 619 g/mol. The van der Waals surface area contributed by atoms with Crippen LogP contribution >= 0.6 is 0 Å². The molecule has 0 aliphatic heterocycles. The molecule has 0 unspecified atom stereocenters. The van der Waals surface area contributed by atoms with Crippen molar-refractivity contribution in [3.63, 3.8) is 0 Å². The normalized spacial score (nSPS) is 11.7. The summed E-state index contributed by atoms with van der Waals surface area (Å²) in [4.78, 5) is 4.91. The van der Waals surface area contributed by atoms with E-state index in [0.717, 1.165) is 11.4 Å². The lowest BCUT2D eigenvalue weighted by Crippen LogP contribution is -2.12. The molecule has 0 aliphatic rings. The van der Waals surface area contributed by atoms with Crippen molar-refractivity contribution >= 4 is 72.2 Å².